The Labute approximate surface area is 77.1 Å². The maximum absolute atomic E-state index is 5.57. The summed E-state index contributed by atoms with van der Waals surface area (Å²) < 4.78 is 5.36. The molecule has 1 aliphatic heterocycles. The Balaban J connectivity index is 2.47. The Hall–Kier alpha value is -1.16. The summed E-state index contributed by atoms with van der Waals surface area (Å²) in [5, 5.41) is 0. The van der Waals surface area contributed by atoms with Gasteiger partial charge in [0.25, 0.3) is 0 Å². The molecular formula is C9H13N3O. The number of ether oxygens (including phenoxy) is 1. The van der Waals surface area contributed by atoms with Crippen LogP contribution in [0.2, 0.25) is 0 Å². The van der Waals surface area contributed by atoms with Crippen LogP contribution < -0.4 is 5.73 Å². The summed E-state index contributed by atoms with van der Waals surface area (Å²) in [5.41, 5.74) is 8.84. The molecule has 0 atom stereocenters. The number of nitrogens with zero attached hydrogens (tertiary/aromatic N) is 2. The summed E-state index contributed by atoms with van der Waals surface area (Å²) in [5.74, 6) is 0.373. The van der Waals surface area contributed by atoms with Gasteiger partial charge >= 0.3 is 0 Å². The summed E-state index contributed by atoms with van der Waals surface area (Å²) in [6.07, 6.45) is 1.75. The van der Waals surface area contributed by atoms with Crippen molar-refractivity contribution in [3.8, 4) is 0 Å². The van der Waals surface area contributed by atoms with E-state index < -0.39 is 0 Å². The molecular weight excluding hydrogens is 166 g/mol. The second-order valence-corrected chi connectivity index (χ2v) is 3.20. The number of anilines is 1. The van der Waals surface area contributed by atoms with Crippen molar-refractivity contribution in [3.63, 3.8) is 0 Å². The number of hydrogen-bond donors (Lipinski definition) is 1. The maximum Gasteiger partial charge on any atom is 0.220 e. The van der Waals surface area contributed by atoms with Crippen molar-refractivity contribution in [1.29, 1.82) is 0 Å². The predicted molar refractivity (Wildman–Crippen MR) is 49.4 cm³/mol. The number of nitrogen functional groups attached to an aromatic ring is 1. The molecule has 0 saturated carbocycles. The molecule has 70 valence electrons. The molecule has 2 heterocycles. The number of aryl methyl sites for hydroxylation is 1. The van der Waals surface area contributed by atoms with Gasteiger partial charge in [0.05, 0.1) is 18.9 Å². The van der Waals surface area contributed by atoms with Crippen molar-refractivity contribution in [3.05, 3.63) is 17.0 Å². The third-order valence-electron chi connectivity index (χ3n) is 2.30. The molecule has 0 aliphatic carbocycles. The molecule has 0 radical (unpaired) electrons. The first-order valence-electron chi connectivity index (χ1n) is 4.47. The molecule has 0 aromatic carbocycles. The van der Waals surface area contributed by atoms with Gasteiger partial charge in [-0.15, -0.1) is 0 Å². The third-order valence-corrected chi connectivity index (χ3v) is 2.30. The van der Waals surface area contributed by atoms with E-state index in [1.807, 2.05) is 6.92 Å². The Morgan fingerprint density at radius 3 is 2.85 bits per heavy atom. The molecule has 2 N–H and O–H groups in total. The highest BCUT2D eigenvalue weighted by Crippen LogP contribution is 2.16. The van der Waals surface area contributed by atoms with Gasteiger partial charge in [0.1, 0.15) is 0 Å². The zero-order valence-corrected chi connectivity index (χ0v) is 7.71. The molecule has 0 fully saturated rings. The second kappa shape index (κ2) is 3.30. The minimum Gasteiger partial charge on any atom is -0.381 e. The van der Waals surface area contributed by atoms with Gasteiger partial charge in [0.15, 0.2) is 0 Å². The molecule has 0 saturated heterocycles. The summed E-state index contributed by atoms with van der Waals surface area (Å²) >= 11 is 0. The molecule has 0 spiro atoms. The highest BCUT2D eigenvalue weighted by atomic mass is 16.5. The smallest absolute Gasteiger partial charge is 0.220 e. The highest BCUT2D eigenvalue weighted by molar-refractivity contribution is 5.32. The molecule has 4 nitrogen and oxygen atoms in total. The predicted octanol–water partition coefficient (Wildman–Crippen LogP) is 0.482. The summed E-state index contributed by atoms with van der Waals surface area (Å²) in [6, 6.07) is 0. The molecule has 0 bridgehead atoms. The van der Waals surface area contributed by atoms with Crippen LogP contribution in [0.3, 0.4) is 0 Å². The maximum atomic E-state index is 5.57. The number of nitrogens with two attached hydrogens (primary N) is 1. The fourth-order valence-electron chi connectivity index (χ4n) is 1.66. The van der Waals surface area contributed by atoms with Gasteiger partial charge in [-0.25, -0.2) is 9.97 Å². The van der Waals surface area contributed by atoms with Crippen molar-refractivity contribution in [2.24, 2.45) is 0 Å². The van der Waals surface area contributed by atoms with Crippen LogP contribution >= 0.6 is 0 Å². The first-order valence-corrected chi connectivity index (χ1v) is 4.47. The topological polar surface area (TPSA) is 61.0 Å². The van der Waals surface area contributed by atoms with Crippen LogP contribution in [-0.4, -0.2) is 23.2 Å². The summed E-state index contributed by atoms with van der Waals surface area (Å²) in [4.78, 5) is 8.36. The van der Waals surface area contributed by atoms with Gasteiger partial charge in [0.2, 0.25) is 5.95 Å². The van der Waals surface area contributed by atoms with Crippen molar-refractivity contribution in [2.45, 2.75) is 19.8 Å². The number of rotatable bonds is 0. The van der Waals surface area contributed by atoms with Gasteiger partial charge in [-0.3, -0.25) is 0 Å². The van der Waals surface area contributed by atoms with E-state index in [-0.39, 0.29) is 0 Å². The van der Waals surface area contributed by atoms with Crippen molar-refractivity contribution < 1.29 is 4.74 Å². The van der Waals surface area contributed by atoms with Gasteiger partial charge in [-0.2, -0.15) is 0 Å². The molecule has 2 rings (SSSR count). The summed E-state index contributed by atoms with van der Waals surface area (Å²) in [7, 11) is 0. The lowest BCUT2D eigenvalue weighted by Crippen LogP contribution is -2.06. The zero-order valence-electron chi connectivity index (χ0n) is 7.71. The van der Waals surface area contributed by atoms with Crippen LogP contribution in [0, 0.1) is 6.92 Å². The van der Waals surface area contributed by atoms with Gasteiger partial charge in [-0.05, 0) is 18.9 Å². The fourth-order valence-corrected chi connectivity index (χ4v) is 1.66. The fraction of sp³-hybridized carbons (Fsp3) is 0.556. The van der Waals surface area contributed by atoms with Gasteiger partial charge < -0.3 is 10.5 Å². The highest BCUT2D eigenvalue weighted by Gasteiger charge is 2.13. The molecule has 1 aliphatic rings. The largest absolute Gasteiger partial charge is 0.381 e. The van der Waals surface area contributed by atoms with E-state index in [0.29, 0.717) is 5.95 Å². The van der Waals surface area contributed by atoms with E-state index >= 15 is 0 Å². The van der Waals surface area contributed by atoms with Crippen molar-refractivity contribution in [1.82, 2.24) is 9.97 Å². The normalized spacial score (nSPS) is 16.4. The van der Waals surface area contributed by atoms with Gasteiger partial charge in [0, 0.05) is 12.1 Å². The quantitative estimate of drug-likeness (QED) is 0.629. The number of aromatic nitrogens is 2. The van der Waals surface area contributed by atoms with Crippen LogP contribution in [0.1, 0.15) is 17.0 Å². The molecule has 1 aromatic rings. The molecule has 13 heavy (non-hydrogen) atoms. The molecule has 0 amide bonds. The third kappa shape index (κ3) is 1.62. The Morgan fingerprint density at radius 2 is 2.00 bits per heavy atom. The van der Waals surface area contributed by atoms with Crippen LogP contribution in [0.15, 0.2) is 0 Å². The minimum absolute atomic E-state index is 0.373. The van der Waals surface area contributed by atoms with Crippen LogP contribution in [-0.2, 0) is 17.6 Å². The molecule has 4 heteroatoms. The van der Waals surface area contributed by atoms with Crippen molar-refractivity contribution >= 4 is 5.95 Å². The first kappa shape index (κ1) is 8.44. The minimum atomic E-state index is 0.373. The van der Waals surface area contributed by atoms with E-state index in [2.05, 4.69) is 9.97 Å². The van der Waals surface area contributed by atoms with Crippen LogP contribution in [0.4, 0.5) is 5.95 Å². The lowest BCUT2D eigenvalue weighted by Gasteiger charge is -2.06. The van der Waals surface area contributed by atoms with E-state index in [9.17, 15) is 0 Å². The Morgan fingerprint density at radius 1 is 1.23 bits per heavy atom. The lowest BCUT2D eigenvalue weighted by molar-refractivity contribution is 0.146. The summed E-state index contributed by atoms with van der Waals surface area (Å²) in [6.45, 7) is 3.48. The van der Waals surface area contributed by atoms with E-state index in [1.165, 1.54) is 5.56 Å². The standard InChI is InChI=1S/C9H13N3O/c1-6-7-2-4-13-5-3-8(7)12-9(10)11-6/h2-5H2,1H3,(H2,10,11,12). The van der Waals surface area contributed by atoms with E-state index in [0.717, 1.165) is 37.4 Å². The second-order valence-electron chi connectivity index (χ2n) is 3.20. The first-order chi connectivity index (χ1) is 6.27. The molecule has 1 aromatic heterocycles. The average Bonchev–Trinajstić information content (AvgIpc) is 2.28. The van der Waals surface area contributed by atoms with E-state index in [4.69, 9.17) is 10.5 Å². The lowest BCUT2D eigenvalue weighted by atomic mass is 10.1. The Kier molecular flexibility index (Phi) is 2.14. The van der Waals surface area contributed by atoms with Crippen LogP contribution in [0.5, 0.6) is 0 Å². The number of fused-ring (bicyclic) bond motifs is 1. The van der Waals surface area contributed by atoms with Crippen LogP contribution in [0.25, 0.3) is 0 Å². The van der Waals surface area contributed by atoms with E-state index in [1.54, 1.807) is 0 Å². The average molecular weight is 179 g/mol. The van der Waals surface area contributed by atoms with Crippen molar-refractivity contribution in [2.75, 3.05) is 18.9 Å². The van der Waals surface area contributed by atoms with Gasteiger partial charge in [-0.1, -0.05) is 0 Å². The molecule has 0 unspecified atom stereocenters. The zero-order chi connectivity index (χ0) is 9.26. The number of hydrogen-bond acceptors (Lipinski definition) is 4. The SMILES string of the molecule is Cc1nc(N)nc2c1CCOCC2. The Bertz CT molecular complexity index is 325. The monoisotopic (exact) mass is 179 g/mol.